The largest absolute Gasteiger partial charge is 0.386 e. The first-order chi connectivity index (χ1) is 10.1. The van der Waals surface area contributed by atoms with E-state index in [1.807, 2.05) is 12.2 Å². The van der Waals surface area contributed by atoms with E-state index in [1.165, 1.54) is 18.2 Å². The van der Waals surface area contributed by atoms with Crippen LogP contribution in [0.25, 0.3) is 0 Å². The van der Waals surface area contributed by atoms with Crippen LogP contribution in [-0.4, -0.2) is 28.4 Å². The summed E-state index contributed by atoms with van der Waals surface area (Å²) in [4.78, 5) is 25.6. The summed E-state index contributed by atoms with van der Waals surface area (Å²) in [5.74, 6) is -1.71. The Bertz CT molecular complexity index is 587. The van der Waals surface area contributed by atoms with Crippen molar-refractivity contribution in [3.63, 3.8) is 0 Å². The Morgan fingerprint density at radius 3 is 2.29 bits per heavy atom. The number of hydrogen-bond donors (Lipinski definition) is 1. The summed E-state index contributed by atoms with van der Waals surface area (Å²) in [6.07, 6.45) is 3.72. The van der Waals surface area contributed by atoms with Crippen molar-refractivity contribution >= 4 is 11.8 Å². The highest BCUT2D eigenvalue weighted by molar-refractivity contribution is 6.05. The molecule has 5 heteroatoms. The molecule has 3 atom stereocenters. The first kappa shape index (κ1) is 13.9. The van der Waals surface area contributed by atoms with Crippen LogP contribution >= 0.6 is 0 Å². The summed E-state index contributed by atoms with van der Waals surface area (Å²) >= 11 is 0. The lowest BCUT2D eigenvalue weighted by Crippen LogP contribution is -2.35. The van der Waals surface area contributed by atoms with Gasteiger partial charge in [-0.25, -0.2) is 4.39 Å². The molecule has 2 aliphatic rings. The SMILES string of the molecule is O=C1C2CC=CCC2C(=O)N1CC(O)c1ccccc1F. The molecule has 21 heavy (non-hydrogen) atoms. The van der Waals surface area contributed by atoms with E-state index in [2.05, 4.69) is 0 Å². The second-order valence-electron chi connectivity index (χ2n) is 5.48. The number of carbonyl (C=O) groups excluding carboxylic acids is 2. The average molecular weight is 289 g/mol. The second-order valence-corrected chi connectivity index (χ2v) is 5.48. The molecule has 4 nitrogen and oxygen atoms in total. The minimum Gasteiger partial charge on any atom is -0.386 e. The number of nitrogens with zero attached hydrogens (tertiary/aromatic N) is 1. The van der Waals surface area contributed by atoms with Gasteiger partial charge in [-0.15, -0.1) is 0 Å². The first-order valence-electron chi connectivity index (χ1n) is 7.02. The minimum atomic E-state index is -1.20. The van der Waals surface area contributed by atoms with Gasteiger partial charge in [0.15, 0.2) is 0 Å². The van der Waals surface area contributed by atoms with Gasteiger partial charge >= 0.3 is 0 Å². The number of aliphatic hydroxyl groups excluding tert-OH is 1. The third-order valence-corrected chi connectivity index (χ3v) is 4.22. The summed E-state index contributed by atoms with van der Waals surface area (Å²) < 4.78 is 13.6. The second kappa shape index (κ2) is 5.41. The van der Waals surface area contributed by atoms with Crippen molar-refractivity contribution in [3.8, 4) is 0 Å². The maximum absolute atomic E-state index is 13.6. The Kier molecular flexibility index (Phi) is 3.59. The molecule has 0 aromatic heterocycles. The van der Waals surface area contributed by atoms with Crippen LogP contribution < -0.4 is 0 Å². The number of benzene rings is 1. The lowest BCUT2D eigenvalue weighted by molar-refractivity contribution is -0.141. The van der Waals surface area contributed by atoms with Gasteiger partial charge in [0.2, 0.25) is 11.8 Å². The summed E-state index contributed by atoms with van der Waals surface area (Å²) in [6, 6.07) is 5.84. The number of amides is 2. The Morgan fingerprint density at radius 1 is 1.14 bits per heavy atom. The number of β-amino-alcohol motifs (C(OH)–C–C–N with tert-alkyl or cyclic N) is 1. The average Bonchev–Trinajstić information content (AvgIpc) is 2.73. The Morgan fingerprint density at radius 2 is 1.71 bits per heavy atom. The van der Waals surface area contributed by atoms with E-state index in [9.17, 15) is 19.1 Å². The molecule has 1 heterocycles. The number of halogens is 1. The highest BCUT2D eigenvalue weighted by atomic mass is 19.1. The van der Waals surface area contributed by atoms with E-state index in [0.29, 0.717) is 12.8 Å². The van der Waals surface area contributed by atoms with Crippen LogP contribution in [0.15, 0.2) is 36.4 Å². The van der Waals surface area contributed by atoms with Crippen LogP contribution in [0.3, 0.4) is 0 Å². The number of fused-ring (bicyclic) bond motifs is 1. The fraction of sp³-hybridized carbons (Fsp3) is 0.375. The van der Waals surface area contributed by atoms with Crippen LogP contribution in [0.5, 0.6) is 0 Å². The molecule has 3 rings (SSSR count). The lowest BCUT2D eigenvalue weighted by Gasteiger charge is -2.19. The van der Waals surface area contributed by atoms with Crippen LogP contribution in [0.2, 0.25) is 0 Å². The molecule has 0 bridgehead atoms. The van der Waals surface area contributed by atoms with Crippen molar-refractivity contribution in [1.82, 2.24) is 4.90 Å². The predicted octanol–water partition coefficient (Wildman–Crippen LogP) is 1.81. The van der Waals surface area contributed by atoms with Gasteiger partial charge in [-0.3, -0.25) is 14.5 Å². The minimum absolute atomic E-state index is 0.103. The Balaban J connectivity index is 1.78. The van der Waals surface area contributed by atoms with E-state index < -0.39 is 11.9 Å². The van der Waals surface area contributed by atoms with Gasteiger partial charge in [0.1, 0.15) is 5.82 Å². The number of allylic oxidation sites excluding steroid dienone is 2. The summed E-state index contributed by atoms with van der Waals surface area (Å²) in [5.41, 5.74) is 0.103. The van der Waals surface area contributed by atoms with Crippen molar-refractivity contribution < 1.29 is 19.1 Å². The highest BCUT2D eigenvalue weighted by Gasteiger charge is 2.47. The van der Waals surface area contributed by atoms with E-state index in [1.54, 1.807) is 6.07 Å². The zero-order valence-electron chi connectivity index (χ0n) is 11.4. The summed E-state index contributed by atoms with van der Waals surface area (Å²) in [7, 11) is 0. The molecule has 1 aromatic carbocycles. The van der Waals surface area contributed by atoms with Gasteiger partial charge in [0.25, 0.3) is 0 Å². The van der Waals surface area contributed by atoms with E-state index in [4.69, 9.17) is 0 Å². The third kappa shape index (κ3) is 2.38. The molecule has 110 valence electrons. The summed E-state index contributed by atoms with van der Waals surface area (Å²) in [6.45, 7) is -0.189. The number of likely N-dealkylation sites (tertiary alicyclic amines) is 1. The van der Waals surface area contributed by atoms with E-state index in [-0.39, 0.29) is 35.8 Å². The molecule has 2 amide bonds. The van der Waals surface area contributed by atoms with Crippen molar-refractivity contribution in [1.29, 1.82) is 0 Å². The van der Waals surface area contributed by atoms with Gasteiger partial charge in [-0.05, 0) is 18.9 Å². The molecule has 0 spiro atoms. The molecule has 1 N–H and O–H groups in total. The number of rotatable bonds is 3. The smallest absolute Gasteiger partial charge is 0.233 e. The van der Waals surface area contributed by atoms with Gasteiger partial charge < -0.3 is 5.11 Å². The van der Waals surface area contributed by atoms with E-state index >= 15 is 0 Å². The van der Waals surface area contributed by atoms with Crippen LogP contribution in [0.1, 0.15) is 24.5 Å². The molecule has 1 aromatic rings. The molecular formula is C16H16FNO3. The fourth-order valence-electron chi connectivity index (χ4n) is 3.07. The summed E-state index contributed by atoms with van der Waals surface area (Å²) in [5, 5.41) is 10.1. The maximum atomic E-state index is 13.6. The number of hydrogen-bond acceptors (Lipinski definition) is 3. The molecular weight excluding hydrogens is 273 g/mol. The van der Waals surface area contributed by atoms with Crippen LogP contribution in [0.4, 0.5) is 4.39 Å². The molecule has 1 saturated heterocycles. The lowest BCUT2D eigenvalue weighted by atomic mass is 9.85. The molecule has 3 unspecified atom stereocenters. The monoisotopic (exact) mass is 289 g/mol. The Labute approximate surface area is 121 Å². The molecule has 0 saturated carbocycles. The van der Waals surface area contributed by atoms with Gasteiger partial charge in [0, 0.05) is 5.56 Å². The quantitative estimate of drug-likeness (QED) is 0.682. The number of aliphatic hydroxyl groups is 1. The van der Waals surface area contributed by atoms with Gasteiger partial charge in [-0.1, -0.05) is 30.4 Å². The normalized spacial score (nSPS) is 26.1. The molecule has 1 aliphatic heterocycles. The zero-order chi connectivity index (χ0) is 15.0. The third-order valence-electron chi connectivity index (χ3n) is 4.22. The van der Waals surface area contributed by atoms with Crippen molar-refractivity contribution in [3.05, 3.63) is 47.8 Å². The zero-order valence-corrected chi connectivity index (χ0v) is 11.4. The maximum Gasteiger partial charge on any atom is 0.233 e. The van der Waals surface area contributed by atoms with Crippen LogP contribution in [-0.2, 0) is 9.59 Å². The number of imide groups is 1. The first-order valence-corrected chi connectivity index (χ1v) is 7.02. The Hall–Kier alpha value is -2.01. The number of carbonyl (C=O) groups is 2. The van der Waals surface area contributed by atoms with Crippen molar-refractivity contribution in [2.75, 3.05) is 6.54 Å². The topological polar surface area (TPSA) is 57.6 Å². The van der Waals surface area contributed by atoms with E-state index in [0.717, 1.165) is 4.90 Å². The van der Waals surface area contributed by atoms with Gasteiger partial charge in [-0.2, -0.15) is 0 Å². The van der Waals surface area contributed by atoms with Gasteiger partial charge in [0.05, 0.1) is 24.5 Å². The highest BCUT2D eigenvalue weighted by Crippen LogP contribution is 2.36. The molecule has 1 fully saturated rings. The van der Waals surface area contributed by atoms with Crippen molar-refractivity contribution in [2.24, 2.45) is 11.8 Å². The molecule has 0 radical (unpaired) electrons. The molecule has 1 aliphatic carbocycles. The predicted molar refractivity (Wildman–Crippen MR) is 73.4 cm³/mol. The van der Waals surface area contributed by atoms with Crippen LogP contribution in [0, 0.1) is 17.7 Å². The fourth-order valence-corrected chi connectivity index (χ4v) is 3.07. The van der Waals surface area contributed by atoms with Crippen molar-refractivity contribution in [2.45, 2.75) is 18.9 Å². The standard InChI is InChI=1S/C16H16FNO3/c17-13-8-4-3-7-12(13)14(19)9-18-15(20)10-5-1-2-6-11(10)16(18)21/h1-4,7-8,10-11,14,19H,5-6,9H2.